The highest BCUT2D eigenvalue weighted by Crippen LogP contribution is 2.15. The second kappa shape index (κ2) is 8.72. The lowest BCUT2D eigenvalue weighted by atomic mass is 10.2. The van der Waals surface area contributed by atoms with Gasteiger partial charge in [-0.2, -0.15) is 0 Å². The Morgan fingerprint density at radius 1 is 1.10 bits per heavy atom. The lowest BCUT2D eigenvalue weighted by Crippen LogP contribution is -2.44. The second-order valence-electron chi connectivity index (χ2n) is 6.65. The Balaban J connectivity index is 1.75. The minimum atomic E-state index is -0.540. The van der Waals surface area contributed by atoms with E-state index in [4.69, 9.17) is 4.74 Å². The number of carbonyl (C=O) groups is 1. The fourth-order valence-electron chi connectivity index (χ4n) is 3.08. The van der Waals surface area contributed by atoms with Gasteiger partial charge in [0.15, 0.2) is 11.6 Å². The van der Waals surface area contributed by atoms with Crippen molar-refractivity contribution >= 4 is 16.8 Å². The van der Waals surface area contributed by atoms with Gasteiger partial charge in [0.2, 0.25) is 5.91 Å². The molecule has 1 aromatic heterocycles. The highest BCUT2D eigenvalue weighted by atomic mass is 19.1. The lowest BCUT2D eigenvalue weighted by molar-refractivity contribution is -0.122. The van der Waals surface area contributed by atoms with Gasteiger partial charge in [0.25, 0.3) is 5.56 Å². The van der Waals surface area contributed by atoms with Gasteiger partial charge in [-0.25, -0.2) is 9.18 Å². The van der Waals surface area contributed by atoms with Crippen LogP contribution in [-0.4, -0.2) is 27.7 Å². The van der Waals surface area contributed by atoms with Gasteiger partial charge in [0, 0.05) is 6.54 Å². The van der Waals surface area contributed by atoms with E-state index in [1.54, 1.807) is 50.2 Å². The number of ether oxygens (including phenoxy) is 1. The van der Waals surface area contributed by atoms with E-state index < -0.39 is 23.5 Å². The molecular weight excluding hydrogens is 377 g/mol. The first-order valence-corrected chi connectivity index (χ1v) is 9.31. The summed E-state index contributed by atoms with van der Waals surface area (Å²) < 4.78 is 21.4. The van der Waals surface area contributed by atoms with Crippen LogP contribution in [0.3, 0.4) is 0 Å². The predicted octanol–water partition coefficient (Wildman–Crippen LogP) is 1.91. The molecule has 3 aromatic rings. The molecule has 0 aliphatic heterocycles. The monoisotopic (exact) mass is 399 g/mol. The number of rotatable bonds is 7. The minimum absolute atomic E-state index is 0.0662. The summed E-state index contributed by atoms with van der Waals surface area (Å²) >= 11 is 0. The summed E-state index contributed by atoms with van der Waals surface area (Å²) in [5.41, 5.74) is -0.518. The Labute approximate surface area is 166 Å². The van der Waals surface area contributed by atoms with Crippen LogP contribution in [0.5, 0.6) is 5.75 Å². The smallest absolute Gasteiger partial charge is 0.331 e. The largest absolute Gasteiger partial charge is 0.488 e. The van der Waals surface area contributed by atoms with Crippen LogP contribution < -0.4 is 21.3 Å². The second-order valence-corrected chi connectivity index (χ2v) is 6.65. The Bertz CT molecular complexity index is 1150. The molecule has 1 amide bonds. The van der Waals surface area contributed by atoms with Crippen molar-refractivity contribution < 1.29 is 13.9 Å². The number of hydrogen-bond acceptors (Lipinski definition) is 4. The minimum Gasteiger partial charge on any atom is -0.488 e. The van der Waals surface area contributed by atoms with E-state index in [1.165, 1.54) is 16.7 Å². The molecule has 1 atom stereocenters. The van der Waals surface area contributed by atoms with Gasteiger partial charge in [-0.1, -0.05) is 24.3 Å². The summed E-state index contributed by atoms with van der Waals surface area (Å²) in [4.78, 5) is 37.6. The number of fused-ring (bicyclic) bond motifs is 1. The molecule has 0 bridgehead atoms. The summed E-state index contributed by atoms with van der Waals surface area (Å²) in [5, 5.41) is 3.10. The summed E-state index contributed by atoms with van der Waals surface area (Å²) in [6, 6.07) is 12.3. The highest BCUT2D eigenvalue weighted by molar-refractivity contribution is 5.81. The van der Waals surface area contributed by atoms with Crippen molar-refractivity contribution in [3.63, 3.8) is 0 Å². The molecule has 2 aromatic carbocycles. The first kappa shape index (κ1) is 20.3. The number of benzene rings is 2. The van der Waals surface area contributed by atoms with Crippen LogP contribution in [0.1, 0.15) is 13.8 Å². The number of nitrogens with zero attached hydrogens (tertiary/aromatic N) is 2. The van der Waals surface area contributed by atoms with E-state index in [0.717, 1.165) is 4.57 Å². The van der Waals surface area contributed by atoms with Crippen molar-refractivity contribution in [3.8, 4) is 5.75 Å². The maximum atomic E-state index is 13.6. The summed E-state index contributed by atoms with van der Waals surface area (Å²) in [6.45, 7) is 3.44. The number of halogens is 1. The van der Waals surface area contributed by atoms with Crippen molar-refractivity contribution in [2.45, 2.75) is 33.0 Å². The van der Waals surface area contributed by atoms with Gasteiger partial charge < -0.3 is 10.1 Å². The average molecular weight is 399 g/mol. The molecule has 0 spiro atoms. The number of nitrogens with one attached hydrogen (secondary N) is 1. The standard InChI is InChI=1S/C21H22FN3O4/c1-3-24-20(27)15-8-4-6-10-17(15)25(21(24)28)12-19(26)23-14(2)13-29-18-11-7-5-9-16(18)22/h4-11,14H,3,12-13H2,1-2H3,(H,23,26). The molecular formula is C21H22FN3O4. The third-order valence-electron chi connectivity index (χ3n) is 4.48. The molecule has 0 saturated heterocycles. The lowest BCUT2D eigenvalue weighted by Gasteiger charge is -2.17. The zero-order valence-electron chi connectivity index (χ0n) is 16.2. The zero-order chi connectivity index (χ0) is 21.0. The molecule has 3 rings (SSSR count). The molecule has 0 fully saturated rings. The Hall–Kier alpha value is -3.42. The van der Waals surface area contributed by atoms with Crippen molar-refractivity contribution in [2.24, 2.45) is 0 Å². The van der Waals surface area contributed by atoms with Gasteiger partial charge in [-0.15, -0.1) is 0 Å². The SMILES string of the molecule is CCn1c(=O)c2ccccc2n(CC(=O)NC(C)COc2ccccc2F)c1=O. The van der Waals surface area contributed by atoms with Gasteiger partial charge >= 0.3 is 5.69 Å². The topological polar surface area (TPSA) is 82.3 Å². The van der Waals surface area contributed by atoms with E-state index in [-0.39, 0.29) is 31.0 Å². The average Bonchev–Trinajstić information content (AvgIpc) is 2.71. The number of carbonyl (C=O) groups excluding carboxylic acids is 1. The Kier molecular flexibility index (Phi) is 6.11. The third-order valence-corrected chi connectivity index (χ3v) is 4.48. The van der Waals surface area contributed by atoms with Crippen LogP contribution in [0, 0.1) is 5.82 Å². The molecule has 0 saturated carbocycles. The molecule has 29 heavy (non-hydrogen) atoms. The Morgan fingerprint density at radius 3 is 2.52 bits per heavy atom. The molecule has 152 valence electrons. The van der Waals surface area contributed by atoms with Crippen molar-refractivity contribution in [1.29, 1.82) is 0 Å². The Morgan fingerprint density at radius 2 is 1.79 bits per heavy atom. The van der Waals surface area contributed by atoms with Crippen LogP contribution in [0.15, 0.2) is 58.1 Å². The fraction of sp³-hybridized carbons (Fsp3) is 0.286. The first-order valence-electron chi connectivity index (χ1n) is 9.31. The maximum absolute atomic E-state index is 13.6. The van der Waals surface area contributed by atoms with E-state index >= 15 is 0 Å². The zero-order valence-corrected chi connectivity index (χ0v) is 16.2. The molecule has 1 unspecified atom stereocenters. The van der Waals surface area contributed by atoms with Crippen molar-refractivity contribution in [1.82, 2.24) is 14.5 Å². The molecule has 1 N–H and O–H groups in total. The summed E-state index contributed by atoms with van der Waals surface area (Å²) in [6.07, 6.45) is 0. The summed E-state index contributed by atoms with van der Waals surface area (Å²) in [7, 11) is 0. The number of para-hydroxylation sites is 2. The van der Waals surface area contributed by atoms with Crippen molar-refractivity contribution in [3.05, 3.63) is 75.2 Å². The van der Waals surface area contributed by atoms with Gasteiger partial charge in [0.05, 0.1) is 16.9 Å². The number of hydrogen-bond donors (Lipinski definition) is 1. The molecule has 8 heteroatoms. The van der Waals surface area contributed by atoms with Crippen LogP contribution in [0.4, 0.5) is 4.39 Å². The van der Waals surface area contributed by atoms with E-state index in [0.29, 0.717) is 10.9 Å². The fourth-order valence-corrected chi connectivity index (χ4v) is 3.08. The predicted molar refractivity (Wildman–Crippen MR) is 108 cm³/mol. The number of aromatic nitrogens is 2. The van der Waals surface area contributed by atoms with Crippen LogP contribution in [0.25, 0.3) is 10.9 Å². The van der Waals surface area contributed by atoms with Crippen LogP contribution >= 0.6 is 0 Å². The van der Waals surface area contributed by atoms with Gasteiger partial charge in [-0.3, -0.25) is 18.7 Å². The van der Waals surface area contributed by atoms with Crippen molar-refractivity contribution in [2.75, 3.05) is 6.61 Å². The number of amides is 1. The third kappa shape index (κ3) is 4.37. The summed E-state index contributed by atoms with van der Waals surface area (Å²) in [5.74, 6) is -0.792. The highest BCUT2D eigenvalue weighted by Gasteiger charge is 2.16. The van der Waals surface area contributed by atoms with Gasteiger partial charge in [0.1, 0.15) is 13.2 Å². The molecule has 0 radical (unpaired) electrons. The van der Waals surface area contributed by atoms with Gasteiger partial charge in [-0.05, 0) is 38.1 Å². The molecule has 1 heterocycles. The van der Waals surface area contributed by atoms with E-state index in [9.17, 15) is 18.8 Å². The maximum Gasteiger partial charge on any atom is 0.331 e. The van der Waals surface area contributed by atoms with E-state index in [1.807, 2.05) is 0 Å². The normalized spacial score (nSPS) is 12.0. The van der Waals surface area contributed by atoms with E-state index in [2.05, 4.69) is 5.32 Å². The van der Waals surface area contributed by atoms with Crippen LogP contribution in [0.2, 0.25) is 0 Å². The molecule has 0 aliphatic rings. The molecule has 0 aliphatic carbocycles. The molecule has 7 nitrogen and oxygen atoms in total. The van der Waals surface area contributed by atoms with Crippen LogP contribution in [-0.2, 0) is 17.9 Å². The first-order chi connectivity index (χ1) is 13.9. The quantitative estimate of drug-likeness (QED) is 0.658.